The van der Waals surface area contributed by atoms with Gasteiger partial charge in [-0.3, -0.25) is 19.7 Å². The van der Waals surface area contributed by atoms with Crippen molar-refractivity contribution in [3.63, 3.8) is 0 Å². The molecule has 1 amide bonds. The van der Waals surface area contributed by atoms with Crippen LogP contribution in [0.3, 0.4) is 0 Å². The number of nitrogens with zero attached hydrogens (tertiary/aromatic N) is 2. The summed E-state index contributed by atoms with van der Waals surface area (Å²) in [5.74, 6) is 0.459. The van der Waals surface area contributed by atoms with Gasteiger partial charge in [0.25, 0.3) is 5.69 Å². The fourth-order valence-corrected chi connectivity index (χ4v) is 2.75. The van der Waals surface area contributed by atoms with E-state index >= 15 is 0 Å². The third-order valence-corrected chi connectivity index (χ3v) is 4.32. The molecule has 0 atom stereocenters. The Morgan fingerprint density at radius 3 is 2.57 bits per heavy atom. The van der Waals surface area contributed by atoms with Gasteiger partial charge in [0.2, 0.25) is 5.91 Å². The zero-order chi connectivity index (χ0) is 20.4. The molecule has 28 heavy (non-hydrogen) atoms. The summed E-state index contributed by atoms with van der Waals surface area (Å²) in [6, 6.07) is 14.0. The first kappa shape index (κ1) is 21.1. The lowest BCUT2D eigenvalue weighted by atomic mass is 10.1. The average Bonchev–Trinajstić information content (AvgIpc) is 2.70. The molecule has 2 aromatic carbocycles. The van der Waals surface area contributed by atoms with Crippen LogP contribution in [0.25, 0.3) is 0 Å². The molecule has 0 aliphatic rings. The number of carbonyl (C=O) groups excluding carboxylic acids is 2. The number of nitro groups is 1. The summed E-state index contributed by atoms with van der Waals surface area (Å²) < 4.78 is 5.51. The number of nitro benzene ring substituents is 1. The van der Waals surface area contributed by atoms with E-state index in [4.69, 9.17) is 4.74 Å². The predicted molar refractivity (Wildman–Crippen MR) is 105 cm³/mol. The van der Waals surface area contributed by atoms with Crippen molar-refractivity contribution in [2.24, 2.45) is 0 Å². The topological polar surface area (TPSA) is 89.8 Å². The fourth-order valence-electron chi connectivity index (χ4n) is 2.75. The lowest BCUT2D eigenvalue weighted by molar-refractivity contribution is -0.385. The highest BCUT2D eigenvalue weighted by atomic mass is 16.6. The van der Waals surface area contributed by atoms with E-state index in [-0.39, 0.29) is 17.2 Å². The summed E-state index contributed by atoms with van der Waals surface area (Å²) in [5, 5.41) is 10.9. The molecule has 2 aromatic rings. The molecule has 0 bridgehead atoms. The van der Waals surface area contributed by atoms with Gasteiger partial charge >= 0.3 is 0 Å². The summed E-state index contributed by atoms with van der Waals surface area (Å²) in [6.07, 6.45) is 3.24. The number of hydrogen-bond acceptors (Lipinski definition) is 5. The largest absolute Gasteiger partial charge is 0.493 e. The van der Waals surface area contributed by atoms with Gasteiger partial charge in [-0.2, -0.15) is 0 Å². The van der Waals surface area contributed by atoms with E-state index in [1.165, 1.54) is 12.1 Å². The highest BCUT2D eigenvalue weighted by Crippen LogP contribution is 2.23. The summed E-state index contributed by atoms with van der Waals surface area (Å²) in [4.78, 5) is 35.0. The third kappa shape index (κ3) is 6.50. The standard InChI is InChI=1S/C21H24N2O5/c1-22(15-17-8-4-2-5-9-17)21(25)10-6-3-7-13-28-19-12-11-18(16-24)20(14-19)23(26)27/h2,4-5,8-9,11-12,14,16H,3,6-7,10,13,15H2,1H3. The first-order valence-corrected chi connectivity index (χ1v) is 9.15. The summed E-state index contributed by atoms with van der Waals surface area (Å²) in [7, 11) is 1.80. The Hall–Kier alpha value is -3.22. The highest BCUT2D eigenvalue weighted by molar-refractivity contribution is 5.81. The van der Waals surface area contributed by atoms with Crippen molar-refractivity contribution in [3.8, 4) is 5.75 Å². The van der Waals surface area contributed by atoms with E-state index in [1.54, 1.807) is 18.0 Å². The van der Waals surface area contributed by atoms with Crippen molar-refractivity contribution < 1.29 is 19.2 Å². The Labute approximate surface area is 164 Å². The van der Waals surface area contributed by atoms with Crippen molar-refractivity contribution >= 4 is 17.9 Å². The zero-order valence-electron chi connectivity index (χ0n) is 15.9. The number of hydrogen-bond donors (Lipinski definition) is 0. The molecule has 0 radical (unpaired) electrons. The van der Waals surface area contributed by atoms with E-state index in [9.17, 15) is 19.7 Å². The SMILES string of the molecule is CN(Cc1ccccc1)C(=O)CCCCCOc1ccc(C=O)c([N+](=O)[O-])c1. The molecule has 0 saturated carbocycles. The Balaban J connectivity index is 1.66. The average molecular weight is 384 g/mol. The monoisotopic (exact) mass is 384 g/mol. The number of carbonyl (C=O) groups is 2. The molecule has 0 aromatic heterocycles. The molecule has 0 spiro atoms. The molecule has 0 fully saturated rings. The van der Waals surface area contributed by atoms with Crippen LogP contribution in [0.15, 0.2) is 48.5 Å². The van der Waals surface area contributed by atoms with E-state index in [2.05, 4.69) is 0 Å². The van der Waals surface area contributed by atoms with Gasteiger partial charge in [0, 0.05) is 20.0 Å². The molecule has 0 aliphatic carbocycles. The van der Waals surface area contributed by atoms with E-state index in [1.807, 2.05) is 30.3 Å². The van der Waals surface area contributed by atoms with Gasteiger partial charge in [-0.25, -0.2) is 0 Å². The van der Waals surface area contributed by atoms with Crippen molar-refractivity contribution in [3.05, 3.63) is 69.8 Å². The molecule has 2 rings (SSSR count). The second-order valence-corrected chi connectivity index (χ2v) is 6.49. The molecule has 0 heterocycles. The van der Waals surface area contributed by atoms with Crippen molar-refractivity contribution in [2.75, 3.05) is 13.7 Å². The minimum absolute atomic E-state index is 0.0236. The quantitative estimate of drug-likeness (QED) is 0.253. The van der Waals surface area contributed by atoms with Crippen LogP contribution >= 0.6 is 0 Å². The summed E-state index contributed by atoms with van der Waals surface area (Å²) >= 11 is 0. The number of aldehydes is 1. The lowest BCUT2D eigenvalue weighted by Crippen LogP contribution is -2.25. The second kappa shape index (κ2) is 10.8. The van der Waals surface area contributed by atoms with Gasteiger partial charge in [0.05, 0.1) is 23.2 Å². The Kier molecular flexibility index (Phi) is 8.14. The van der Waals surface area contributed by atoms with Gasteiger partial charge in [0.15, 0.2) is 6.29 Å². The van der Waals surface area contributed by atoms with E-state index < -0.39 is 4.92 Å². The smallest absolute Gasteiger partial charge is 0.283 e. The minimum Gasteiger partial charge on any atom is -0.493 e. The molecule has 0 saturated heterocycles. The van der Waals surface area contributed by atoms with Crippen molar-refractivity contribution in [1.29, 1.82) is 0 Å². The van der Waals surface area contributed by atoms with Gasteiger partial charge in [-0.1, -0.05) is 30.3 Å². The van der Waals surface area contributed by atoms with Gasteiger partial charge in [-0.05, 0) is 37.0 Å². The maximum atomic E-state index is 12.2. The Morgan fingerprint density at radius 2 is 1.89 bits per heavy atom. The van der Waals surface area contributed by atoms with E-state index in [0.717, 1.165) is 24.8 Å². The minimum atomic E-state index is -0.603. The fraction of sp³-hybridized carbons (Fsp3) is 0.333. The lowest BCUT2D eigenvalue weighted by Gasteiger charge is -2.17. The number of rotatable bonds is 11. The molecule has 0 N–H and O–H groups in total. The highest BCUT2D eigenvalue weighted by Gasteiger charge is 2.14. The number of amides is 1. The predicted octanol–water partition coefficient (Wildman–Crippen LogP) is 4.01. The number of ether oxygens (including phenoxy) is 1. The molecule has 148 valence electrons. The van der Waals surface area contributed by atoms with Crippen LogP contribution in [-0.4, -0.2) is 35.7 Å². The van der Waals surface area contributed by atoms with Crippen LogP contribution in [-0.2, 0) is 11.3 Å². The molecule has 0 aliphatic heterocycles. The van der Waals surface area contributed by atoms with Crippen LogP contribution in [0.5, 0.6) is 5.75 Å². The Morgan fingerprint density at radius 1 is 1.14 bits per heavy atom. The first-order chi connectivity index (χ1) is 13.5. The van der Waals surface area contributed by atoms with E-state index in [0.29, 0.717) is 31.6 Å². The van der Waals surface area contributed by atoms with Crippen LogP contribution in [0.4, 0.5) is 5.69 Å². The molecule has 7 heteroatoms. The van der Waals surface area contributed by atoms with Crippen LogP contribution in [0.2, 0.25) is 0 Å². The van der Waals surface area contributed by atoms with Crippen LogP contribution < -0.4 is 4.74 Å². The molecular weight excluding hydrogens is 360 g/mol. The van der Waals surface area contributed by atoms with Gasteiger partial charge in [-0.15, -0.1) is 0 Å². The van der Waals surface area contributed by atoms with Gasteiger partial charge in [0.1, 0.15) is 5.75 Å². The molecule has 0 unspecified atom stereocenters. The number of benzene rings is 2. The summed E-state index contributed by atoms with van der Waals surface area (Å²) in [5.41, 5.74) is 0.858. The maximum Gasteiger partial charge on any atom is 0.283 e. The normalized spacial score (nSPS) is 10.3. The number of unbranched alkanes of at least 4 members (excludes halogenated alkanes) is 2. The Bertz CT molecular complexity index is 808. The first-order valence-electron chi connectivity index (χ1n) is 9.15. The van der Waals surface area contributed by atoms with Crippen molar-refractivity contribution in [1.82, 2.24) is 4.90 Å². The van der Waals surface area contributed by atoms with Crippen molar-refractivity contribution in [2.45, 2.75) is 32.2 Å². The molecular formula is C21H24N2O5. The summed E-state index contributed by atoms with van der Waals surface area (Å²) in [6.45, 7) is 0.990. The zero-order valence-corrected chi connectivity index (χ0v) is 15.9. The third-order valence-electron chi connectivity index (χ3n) is 4.32. The maximum absolute atomic E-state index is 12.2. The molecule has 7 nitrogen and oxygen atoms in total. The van der Waals surface area contributed by atoms with Crippen LogP contribution in [0, 0.1) is 10.1 Å². The second-order valence-electron chi connectivity index (χ2n) is 6.49. The van der Waals surface area contributed by atoms with Crippen LogP contribution in [0.1, 0.15) is 41.6 Å². The van der Waals surface area contributed by atoms with Gasteiger partial charge < -0.3 is 9.64 Å².